The Morgan fingerprint density at radius 1 is 1.10 bits per heavy atom. The second-order valence-corrected chi connectivity index (χ2v) is 4.89. The smallest absolute Gasteiger partial charge is 0.129 e. The zero-order chi connectivity index (χ0) is 14.4. The molecule has 0 aromatic heterocycles. The summed E-state index contributed by atoms with van der Waals surface area (Å²) in [6.45, 7) is 4.09. The van der Waals surface area contributed by atoms with Crippen molar-refractivity contribution >= 4 is 5.69 Å². The molecule has 0 saturated carbocycles. The Hall–Kier alpha value is -2.00. The first-order valence-corrected chi connectivity index (χ1v) is 6.96. The molecule has 0 spiro atoms. The second-order valence-electron chi connectivity index (χ2n) is 4.89. The second kappa shape index (κ2) is 6.96. The molecule has 0 fully saturated rings. The molecule has 0 radical (unpaired) electrons. The topological polar surface area (TPSA) is 41.5 Å². The Bertz CT molecular complexity index is 537. The minimum absolute atomic E-state index is 0.519. The summed E-state index contributed by atoms with van der Waals surface area (Å²) < 4.78 is 5.79. The Labute approximate surface area is 120 Å². The van der Waals surface area contributed by atoms with Gasteiger partial charge in [-0.2, -0.15) is 0 Å². The molecule has 2 aromatic carbocycles. The summed E-state index contributed by atoms with van der Waals surface area (Å²) in [5.41, 5.74) is 2.06. The molecule has 0 aliphatic carbocycles. The Morgan fingerprint density at radius 2 is 1.85 bits per heavy atom. The molecule has 2 rings (SSSR count). The van der Waals surface area contributed by atoms with Gasteiger partial charge in [0, 0.05) is 11.8 Å². The maximum Gasteiger partial charge on any atom is 0.129 e. The molecular formula is C17H21NO2. The van der Waals surface area contributed by atoms with E-state index in [2.05, 4.69) is 5.32 Å². The predicted octanol–water partition coefficient (Wildman–Crippen LogP) is 4.32. The fourth-order valence-electron chi connectivity index (χ4n) is 1.93. The van der Waals surface area contributed by atoms with Crippen molar-refractivity contribution in [3.8, 4) is 11.5 Å². The molecule has 20 heavy (non-hydrogen) atoms. The number of aryl methyl sites for hydroxylation is 1. The van der Waals surface area contributed by atoms with Crippen LogP contribution in [0, 0.1) is 6.92 Å². The summed E-state index contributed by atoms with van der Waals surface area (Å²) in [6, 6.07) is 15.5. The van der Waals surface area contributed by atoms with Crippen LogP contribution in [0.5, 0.6) is 11.5 Å². The van der Waals surface area contributed by atoms with Gasteiger partial charge < -0.3 is 15.2 Å². The van der Waals surface area contributed by atoms with E-state index < -0.39 is 6.23 Å². The molecule has 0 bridgehead atoms. The predicted molar refractivity (Wildman–Crippen MR) is 82.2 cm³/mol. The van der Waals surface area contributed by atoms with Gasteiger partial charge in [0.15, 0.2) is 0 Å². The number of hydrogen-bond acceptors (Lipinski definition) is 3. The summed E-state index contributed by atoms with van der Waals surface area (Å²) in [6.07, 6.45) is 1.14. The number of rotatable bonds is 6. The SMILES string of the molecule is CCCC(O)Nc1cccc(Oc2ccc(C)cc2)c1. The highest BCUT2D eigenvalue weighted by Crippen LogP contribution is 2.24. The zero-order valence-corrected chi connectivity index (χ0v) is 12.0. The molecule has 2 aromatic rings. The van der Waals surface area contributed by atoms with E-state index in [1.807, 2.05) is 62.4 Å². The highest BCUT2D eigenvalue weighted by Gasteiger charge is 2.03. The minimum Gasteiger partial charge on any atom is -0.457 e. The fourth-order valence-corrected chi connectivity index (χ4v) is 1.93. The van der Waals surface area contributed by atoms with Crippen LogP contribution >= 0.6 is 0 Å². The third-order valence-corrected chi connectivity index (χ3v) is 2.99. The van der Waals surface area contributed by atoms with Gasteiger partial charge in [0.1, 0.15) is 17.7 Å². The lowest BCUT2D eigenvalue weighted by atomic mass is 10.2. The normalized spacial score (nSPS) is 11.9. The van der Waals surface area contributed by atoms with Crippen molar-refractivity contribution in [2.45, 2.75) is 32.9 Å². The van der Waals surface area contributed by atoms with Crippen LogP contribution in [0.3, 0.4) is 0 Å². The molecule has 0 saturated heterocycles. The van der Waals surface area contributed by atoms with Crippen molar-refractivity contribution in [2.24, 2.45) is 0 Å². The van der Waals surface area contributed by atoms with Crippen LogP contribution in [0.2, 0.25) is 0 Å². The van der Waals surface area contributed by atoms with Crippen molar-refractivity contribution < 1.29 is 9.84 Å². The molecule has 3 nitrogen and oxygen atoms in total. The zero-order valence-electron chi connectivity index (χ0n) is 12.0. The summed E-state index contributed by atoms with van der Waals surface area (Å²) in [7, 11) is 0. The quantitative estimate of drug-likeness (QED) is 0.769. The summed E-state index contributed by atoms with van der Waals surface area (Å²) >= 11 is 0. The van der Waals surface area contributed by atoms with E-state index in [0.29, 0.717) is 0 Å². The first-order chi connectivity index (χ1) is 9.67. The van der Waals surface area contributed by atoms with E-state index in [9.17, 15) is 5.11 Å². The van der Waals surface area contributed by atoms with Gasteiger partial charge in [-0.05, 0) is 37.6 Å². The van der Waals surface area contributed by atoms with E-state index in [-0.39, 0.29) is 0 Å². The van der Waals surface area contributed by atoms with Gasteiger partial charge in [0.2, 0.25) is 0 Å². The maximum atomic E-state index is 9.76. The lowest BCUT2D eigenvalue weighted by Gasteiger charge is -2.14. The number of ether oxygens (including phenoxy) is 1. The van der Waals surface area contributed by atoms with Crippen LogP contribution in [0.1, 0.15) is 25.3 Å². The first-order valence-electron chi connectivity index (χ1n) is 6.96. The van der Waals surface area contributed by atoms with E-state index >= 15 is 0 Å². The third-order valence-electron chi connectivity index (χ3n) is 2.99. The largest absolute Gasteiger partial charge is 0.457 e. The van der Waals surface area contributed by atoms with Crippen molar-refractivity contribution in [1.29, 1.82) is 0 Å². The molecular weight excluding hydrogens is 250 g/mol. The molecule has 2 N–H and O–H groups in total. The van der Waals surface area contributed by atoms with Crippen LogP contribution in [-0.4, -0.2) is 11.3 Å². The maximum absolute atomic E-state index is 9.76. The van der Waals surface area contributed by atoms with Gasteiger partial charge in [-0.1, -0.05) is 37.1 Å². The van der Waals surface area contributed by atoms with Gasteiger partial charge in [-0.25, -0.2) is 0 Å². The van der Waals surface area contributed by atoms with Gasteiger partial charge in [0.05, 0.1) is 0 Å². The van der Waals surface area contributed by atoms with Crippen molar-refractivity contribution in [3.63, 3.8) is 0 Å². The molecule has 0 aliphatic heterocycles. The standard InChI is InChI=1S/C17H21NO2/c1-3-5-17(19)18-14-6-4-7-16(12-14)20-15-10-8-13(2)9-11-15/h4,6-12,17-19H,3,5H2,1-2H3. The van der Waals surface area contributed by atoms with Crippen molar-refractivity contribution in [1.82, 2.24) is 0 Å². The highest BCUT2D eigenvalue weighted by atomic mass is 16.5. The van der Waals surface area contributed by atoms with E-state index in [1.165, 1.54) is 5.56 Å². The number of anilines is 1. The minimum atomic E-state index is -0.519. The van der Waals surface area contributed by atoms with E-state index in [0.717, 1.165) is 30.0 Å². The van der Waals surface area contributed by atoms with E-state index in [4.69, 9.17) is 4.74 Å². The number of hydrogen-bond donors (Lipinski definition) is 2. The van der Waals surface area contributed by atoms with Crippen LogP contribution in [-0.2, 0) is 0 Å². The number of aliphatic hydroxyl groups is 1. The van der Waals surface area contributed by atoms with Gasteiger partial charge in [0.25, 0.3) is 0 Å². The van der Waals surface area contributed by atoms with Crippen LogP contribution in [0.15, 0.2) is 48.5 Å². The Morgan fingerprint density at radius 3 is 2.55 bits per heavy atom. The summed E-state index contributed by atoms with van der Waals surface area (Å²) in [5.74, 6) is 1.56. The lowest BCUT2D eigenvalue weighted by molar-refractivity contribution is 0.192. The average molecular weight is 271 g/mol. The third kappa shape index (κ3) is 4.28. The van der Waals surface area contributed by atoms with Crippen molar-refractivity contribution in [3.05, 3.63) is 54.1 Å². The molecule has 1 atom stereocenters. The van der Waals surface area contributed by atoms with E-state index in [1.54, 1.807) is 0 Å². The average Bonchev–Trinajstić information content (AvgIpc) is 2.42. The van der Waals surface area contributed by atoms with Gasteiger partial charge in [-0.3, -0.25) is 0 Å². The Balaban J connectivity index is 2.03. The fraction of sp³-hybridized carbons (Fsp3) is 0.294. The molecule has 1 unspecified atom stereocenters. The molecule has 106 valence electrons. The van der Waals surface area contributed by atoms with Crippen LogP contribution in [0.25, 0.3) is 0 Å². The molecule has 0 heterocycles. The number of benzene rings is 2. The first kappa shape index (κ1) is 14.4. The van der Waals surface area contributed by atoms with Gasteiger partial charge >= 0.3 is 0 Å². The lowest BCUT2D eigenvalue weighted by Crippen LogP contribution is -2.17. The Kier molecular flexibility index (Phi) is 5.02. The number of aliphatic hydroxyl groups excluding tert-OH is 1. The monoisotopic (exact) mass is 271 g/mol. The van der Waals surface area contributed by atoms with Gasteiger partial charge in [-0.15, -0.1) is 0 Å². The molecule has 0 aliphatic rings. The van der Waals surface area contributed by atoms with Crippen LogP contribution < -0.4 is 10.1 Å². The van der Waals surface area contributed by atoms with Crippen LogP contribution in [0.4, 0.5) is 5.69 Å². The van der Waals surface area contributed by atoms with Crippen molar-refractivity contribution in [2.75, 3.05) is 5.32 Å². The number of nitrogens with one attached hydrogen (secondary N) is 1. The highest BCUT2D eigenvalue weighted by molar-refractivity contribution is 5.49. The summed E-state index contributed by atoms with van der Waals surface area (Å²) in [5, 5.41) is 12.8. The molecule has 3 heteroatoms. The summed E-state index contributed by atoms with van der Waals surface area (Å²) in [4.78, 5) is 0. The molecule has 0 amide bonds.